The third kappa shape index (κ3) is 10.9. The molecule has 0 unspecified atom stereocenters. The maximum Gasteiger partial charge on any atom is 0.254 e. The number of amides is 1. The SMILES string of the molecule is CCCCCc1ccc(C(=O)N(CCN(CCCC)CCCC)Cc2cccc(Oc3ccccc3)c2)cc1. The van der Waals surface area contributed by atoms with Crippen molar-refractivity contribution in [1.82, 2.24) is 9.80 Å². The van der Waals surface area contributed by atoms with Gasteiger partial charge < -0.3 is 14.5 Å². The summed E-state index contributed by atoms with van der Waals surface area (Å²) in [7, 11) is 0. The predicted octanol–water partition coefficient (Wildman–Crippen LogP) is 8.76. The van der Waals surface area contributed by atoms with Gasteiger partial charge in [-0.1, -0.05) is 88.9 Å². The first kappa shape index (κ1) is 30.4. The lowest BCUT2D eigenvalue weighted by Crippen LogP contribution is -2.39. The molecular weight excluding hydrogens is 480 g/mol. The number of benzene rings is 3. The largest absolute Gasteiger partial charge is 0.457 e. The first-order valence-corrected chi connectivity index (χ1v) is 15.0. The van der Waals surface area contributed by atoms with E-state index in [0.717, 1.165) is 48.7 Å². The van der Waals surface area contributed by atoms with Crippen LogP contribution in [0, 0.1) is 0 Å². The molecule has 0 bridgehead atoms. The van der Waals surface area contributed by atoms with Gasteiger partial charge in [-0.15, -0.1) is 0 Å². The van der Waals surface area contributed by atoms with Crippen LogP contribution in [-0.2, 0) is 13.0 Å². The summed E-state index contributed by atoms with van der Waals surface area (Å²) in [4.78, 5) is 18.4. The number of rotatable bonds is 18. The van der Waals surface area contributed by atoms with Crippen LogP contribution in [0.3, 0.4) is 0 Å². The molecule has 0 aromatic heterocycles. The van der Waals surface area contributed by atoms with E-state index in [2.05, 4.69) is 49.9 Å². The van der Waals surface area contributed by atoms with Crippen molar-refractivity contribution < 1.29 is 9.53 Å². The zero-order valence-corrected chi connectivity index (χ0v) is 24.4. The zero-order chi connectivity index (χ0) is 27.7. The summed E-state index contributed by atoms with van der Waals surface area (Å²) in [6, 6.07) is 26.2. The molecule has 0 saturated carbocycles. The third-order valence-electron chi connectivity index (χ3n) is 7.15. The van der Waals surface area contributed by atoms with Crippen LogP contribution < -0.4 is 4.74 Å². The first-order valence-electron chi connectivity index (χ1n) is 15.0. The molecule has 4 heteroatoms. The fraction of sp³-hybridized carbons (Fsp3) is 0.457. The van der Waals surface area contributed by atoms with Crippen molar-refractivity contribution in [3.63, 3.8) is 0 Å². The van der Waals surface area contributed by atoms with Crippen LogP contribution >= 0.6 is 0 Å². The summed E-state index contributed by atoms with van der Waals surface area (Å²) < 4.78 is 6.07. The van der Waals surface area contributed by atoms with Crippen LogP contribution in [-0.4, -0.2) is 41.9 Å². The molecule has 210 valence electrons. The lowest BCUT2D eigenvalue weighted by molar-refractivity contribution is 0.0720. The molecule has 4 nitrogen and oxygen atoms in total. The molecule has 0 heterocycles. The number of para-hydroxylation sites is 1. The second kappa shape index (κ2) is 17.5. The van der Waals surface area contributed by atoms with Crippen molar-refractivity contribution in [1.29, 1.82) is 0 Å². The third-order valence-corrected chi connectivity index (χ3v) is 7.15. The first-order chi connectivity index (χ1) is 19.1. The molecule has 0 radical (unpaired) electrons. The maximum absolute atomic E-state index is 13.8. The number of hydrogen-bond donors (Lipinski definition) is 0. The Balaban J connectivity index is 1.75. The van der Waals surface area contributed by atoms with Gasteiger partial charge in [0.05, 0.1) is 0 Å². The highest BCUT2D eigenvalue weighted by Gasteiger charge is 2.18. The molecule has 3 aromatic carbocycles. The van der Waals surface area contributed by atoms with Gasteiger partial charge in [-0.25, -0.2) is 0 Å². The van der Waals surface area contributed by atoms with Crippen molar-refractivity contribution in [3.05, 3.63) is 95.6 Å². The van der Waals surface area contributed by atoms with Gasteiger partial charge in [-0.3, -0.25) is 4.79 Å². The molecule has 0 saturated heterocycles. The molecule has 0 aliphatic rings. The number of carbonyl (C=O) groups excluding carboxylic acids is 1. The van der Waals surface area contributed by atoms with E-state index in [9.17, 15) is 4.79 Å². The molecule has 1 amide bonds. The van der Waals surface area contributed by atoms with Gasteiger partial charge in [-0.2, -0.15) is 0 Å². The summed E-state index contributed by atoms with van der Waals surface area (Å²) in [6.07, 6.45) is 9.48. The van der Waals surface area contributed by atoms with Crippen LogP contribution in [0.5, 0.6) is 11.5 Å². The van der Waals surface area contributed by atoms with E-state index in [0.29, 0.717) is 13.1 Å². The van der Waals surface area contributed by atoms with Gasteiger partial charge in [-0.05, 0) is 86.3 Å². The van der Waals surface area contributed by atoms with Gasteiger partial charge in [0, 0.05) is 25.2 Å². The molecule has 0 aliphatic carbocycles. The van der Waals surface area contributed by atoms with Gasteiger partial charge in [0.25, 0.3) is 5.91 Å². The standard InChI is InChI=1S/C35H48N2O2/c1-4-7-11-15-30-20-22-32(23-21-30)35(38)37(27-26-36(24-8-5-2)25-9-6-3)29-31-16-14-19-34(28-31)39-33-17-12-10-13-18-33/h10,12-14,16-23,28H,4-9,11,15,24-27,29H2,1-3H3. The smallest absolute Gasteiger partial charge is 0.254 e. The molecular formula is C35H48N2O2. The monoisotopic (exact) mass is 528 g/mol. The van der Waals surface area contributed by atoms with Crippen LogP contribution in [0.1, 0.15) is 87.2 Å². The highest BCUT2D eigenvalue weighted by atomic mass is 16.5. The molecule has 0 N–H and O–H groups in total. The Morgan fingerprint density at radius 1 is 0.641 bits per heavy atom. The van der Waals surface area contributed by atoms with Crippen molar-refractivity contribution >= 4 is 5.91 Å². The Morgan fingerprint density at radius 3 is 1.97 bits per heavy atom. The fourth-order valence-electron chi connectivity index (χ4n) is 4.74. The highest BCUT2D eigenvalue weighted by Crippen LogP contribution is 2.23. The lowest BCUT2D eigenvalue weighted by atomic mass is 10.0. The topological polar surface area (TPSA) is 32.8 Å². The number of unbranched alkanes of at least 4 members (excludes halogenated alkanes) is 4. The molecule has 0 fully saturated rings. The molecule has 39 heavy (non-hydrogen) atoms. The minimum atomic E-state index is 0.0930. The van der Waals surface area contributed by atoms with Crippen LogP contribution in [0.4, 0.5) is 0 Å². The van der Waals surface area contributed by atoms with E-state index in [4.69, 9.17) is 4.74 Å². The van der Waals surface area contributed by atoms with E-state index in [1.807, 2.05) is 59.5 Å². The van der Waals surface area contributed by atoms with E-state index in [1.54, 1.807) is 0 Å². The van der Waals surface area contributed by atoms with Crippen molar-refractivity contribution in [2.24, 2.45) is 0 Å². The average Bonchev–Trinajstić information content (AvgIpc) is 2.97. The molecule has 0 spiro atoms. The Labute approximate surface area is 237 Å². The van der Waals surface area contributed by atoms with Crippen molar-refractivity contribution in [3.8, 4) is 11.5 Å². The number of aryl methyl sites for hydroxylation is 1. The zero-order valence-electron chi connectivity index (χ0n) is 24.4. The maximum atomic E-state index is 13.8. The summed E-state index contributed by atoms with van der Waals surface area (Å²) >= 11 is 0. The second-order valence-electron chi connectivity index (χ2n) is 10.5. The molecule has 0 aliphatic heterocycles. The number of nitrogens with zero attached hydrogens (tertiary/aromatic N) is 2. The van der Waals surface area contributed by atoms with Gasteiger partial charge >= 0.3 is 0 Å². The highest BCUT2D eigenvalue weighted by molar-refractivity contribution is 5.94. The van der Waals surface area contributed by atoms with E-state index in [1.165, 1.54) is 50.5 Å². The summed E-state index contributed by atoms with van der Waals surface area (Å²) in [6.45, 7) is 11.0. The normalized spacial score (nSPS) is 11.1. The quantitative estimate of drug-likeness (QED) is 0.155. The van der Waals surface area contributed by atoms with Crippen LogP contribution in [0.25, 0.3) is 0 Å². The Bertz CT molecular complexity index is 1070. The predicted molar refractivity (Wildman–Crippen MR) is 164 cm³/mol. The number of hydrogen-bond acceptors (Lipinski definition) is 3. The van der Waals surface area contributed by atoms with E-state index < -0.39 is 0 Å². The summed E-state index contributed by atoms with van der Waals surface area (Å²) in [5.74, 6) is 1.69. The van der Waals surface area contributed by atoms with Gasteiger partial charge in [0.1, 0.15) is 11.5 Å². The fourth-order valence-corrected chi connectivity index (χ4v) is 4.74. The summed E-state index contributed by atoms with van der Waals surface area (Å²) in [5, 5.41) is 0. The number of ether oxygens (including phenoxy) is 1. The van der Waals surface area contributed by atoms with Gasteiger partial charge in [0.2, 0.25) is 0 Å². The van der Waals surface area contributed by atoms with E-state index >= 15 is 0 Å². The van der Waals surface area contributed by atoms with Crippen LogP contribution in [0.2, 0.25) is 0 Å². The van der Waals surface area contributed by atoms with E-state index in [-0.39, 0.29) is 5.91 Å². The number of carbonyl (C=O) groups is 1. The minimum Gasteiger partial charge on any atom is -0.457 e. The van der Waals surface area contributed by atoms with Crippen LogP contribution in [0.15, 0.2) is 78.9 Å². The minimum absolute atomic E-state index is 0.0930. The second-order valence-corrected chi connectivity index (χ2v) is 10.5. The Kier molecular flexibility index (Phi) is 13.6. The van der Waals surface area contributed by atoms with Gasteiger partial charge in [0.15, 0.2) is 0 Å². The van der Waals surface area contributed by atoms with Crippen molar-refractivity contribution in [2.75, 3.05) is 26.2 Å². The average molecular weight is 529 g/mol. The molecule has 3 aromatic rings. The Morgan fingerprint density at radius 2 is 1.31 bits per heavy atom. The molecule has 3 rings (SSSR count). The van der Waals surface area contributed by atoms with Crippen molar-refractivity contribution in [2.45, 2.75) is 78.7 Å². The summed E-state index contributed by atoms with van der Waals surface area (Å²) in [5.41, 5.74) is 3.14. The molecule has 0 atom stereocenters. The lowest BCUT2D eigenvalue weighted by Gasteiger charge is -2.28. The Hall–Kier alpha value is -3.11.